The van der Waals surface area contributed by atoms with Crippen LogP contribution in [0.4, 0.5) is 5.00 Å². The number of nitrogens with zero attached hydrogens (tertiary/aromatic N) is 2. The van der Waals surface area contributed by atoms with E-state index in [4.69, 9.17) is 5.73 Å². The maximum atomic E-state index is 9.25. The highest BCUT2D eigenvalue weighted by atomic mass is 32.1. The fraction of sp³-hybridized carbons (Fsp3) is 0.353. The quantitative estimate of drug-likeness (QED) is 0.923. The van der Waals surface area contributed by atoms with E-state index < -0.39 is 0 Å². The van der Waals surface area contributed by atoms with Crippen LogP contribution in [-0.2, 0) is 19.5 Å². The third kappa shape index (κ3) is 2.94. The Morgan fingerprint density at radius 3 is 3.05 bits per heavy atom. The molecule has 21 heavy (non-hydrogen) atoms. The van der Waals surface area contributed by atoms with Crippen LogP contribution >= 0.6 is 11.3 Å². The number of hydrogen-bond acceptors (Lipinski definition) is 4. The van der Waals surface area contributed by atoms with Gasteiger partial charge in [-0.25, -0.2) is 0 Å². The van der Waals surface area contributed by atoms with Gasteiger partial charge >= 0.3 is 0 Å². The van der Waals surface area contributed by atoms with Crippen LogP contribution in [0.1, 0.15) is 33.6 Å². The molecule has 0 bridgehead atoms. The molecule has 0 amide bonds. The van der Waals surface area contributed by atoms with Gasteiger partial charge in [0.1, 0.15) is 11.1 Å². The standard InChI is InChI=1S/C17H19N3S/c1-12-4-2-5-13(8-12)10-20-7-3-6-14-15(9-18)17(19)21-16(14)11-20/h2,4-5,8H,3,6-7,10-11,19H2,1H3. The first-order chi connectivity index (χ1) is 10.2. The van der Waals surface area contributed by atoms with Gasteiger partial charge in [-0.15, -0.1) is 11.3 Å². The zero-order valence-corrected chi connectivity index (χ0v) is 13.0. The highest BCUT2D eigenvalue weighted by Crippen LogP contribution is 2.34. The molecule has 2 aromatic rings. The number of rotatable bonds is 2. The Labute approximate surface area is 129 Å². The lowest BCUT2D eigenvalue weighted by molar-refractivity contribution is 0.263. The van der Waals surface area contributed by atoms with E-state index in [2.05, 4.69) is 42.2 Å². The van der Waals surface area contributed by atoms with Crippen molar-refractivity contribution in [1.29, 1.82) is 5.26 Å². The van der Waals surface area contributed by atoms with Crippen molar-refractivity contribution in [2.24, 2.45) is 0 Å². The van der Waals surface area contributed by atoms with E-state index in [1.165, 1.54) is 21.6 Å². The molecular formula is C17H19N3S. The van der Waals surface area contributed by atoms with Crippen molar-refractivity contribution in [2.75, 3.05) is 12.3 Å². The topological polar surface area (TPSA) is 53.0 Å². The van der Waals surface area contributed by atoms with Crippen molar-refractivity contribution in [3.63, 3.8) is 0 Å². The highest BCUT2D eigenvalue weighted by molar-refractivity contribution is 7.16. The van der Waals surface area contributed by atoms with E-state index in [0.29, 0.717) is 10.6 Å². The summed E-state index contributed by atoms with van der Waals surface area (Å²) >= 11 is 1.59. The van der Waals surface area contributed by atoms with Gasteiger partial charge in [-0.1, -0.05) is 29.8 Å². The van der Waals surface area contributed by atoms with Gasteiger partial charge in [0.25, 0.3) is 0 Å². The molecule has 0 saturated heterocycles. The van der Waals surface area contributed by atoms with Crippen molar-refractivity contribution in [2.45, 2.75) is 32.9 Å². The fourth-order valence-electron chi connectivity index (χ4n) is 3.01. The molecule has 3 rings (SSSR count). The molecule has 3 nitrogen and oxygen atoms in total. The third-order valence-corrected chi connectivity index (χ3v) is 5.03. The maximum Gasteiger partial charge on any atom is 0.104 e. The Bertz CT molecular complexity index is 697. The Morgan fingerprint density at radius 2 is 2.29 bits per heavy atom. The molecule has 2 heterocycles. The van der Waals surface area contributed by atoms with E-state index in [0.717, 1.165) is 32.5 Å². The number of anilines is 1. The Morgan fingerprint density at radius 1 is 1.43 bits per heavy atom. The molecule has 108 valence electrons. The summed E-state index contributed by atoms with van der Waals surface area (Å²) in [5.41, 5.74) is 10.5. The summed E-state index contributed by atoms with van der Waals surface area (Å²) in [5, 5.41) is 9.93. The summed E-state index contributed by atoms with van der Waals surface area (Å²) in [5.74, 6) is 0. The molecule has 1 aliphatic heterocycles. The Kier molecular flexibility index (Phi) is 3.96. The molecule has 2 N–H and O–H groups in total. The molecule has 0 atom stereocenters. The van der Waals surface area contributed by atoms with Gasteiger partial charge in [-0.05, 0) is 37.4 Å². The van der Waals surface area contributed by atoms with E-state index in [-0.39, 0.29) is 0 Å². The minimum absolute atomic E-state index is 0.680. The van der Waals surface area contributed by atoms with E-state index in [1.807, 2.05) is 0 Å². The zero-order valence-electron chi connectivity index (χ0n) is 12.2. The second-order valence-electron chi connectivity index (χ2n) is 5.66. The van der Waals surface area contributed by atoms with Crippen LogP contribution in [0.15, 0.2) is 24.3 Å². The number of nitrogen functional groups attached to an aromatic ring is 1. The number of hydrogen-bond donors (Lipinski definition) is 1. The van der Waals surface area contributed by atoms with Crippen molar-refractivity contribution in [1.82, 2.24) is 4.90 Å². The minimum atomic E-state index is 0.680. The van der Waals surface area contributed by atoms with E-state index in [9.17, 15) is 5.26 Å². The van der Waals surface area contributed by atoms with Crippen LogP contribution in [0, 0.1) is 18.3 Å². The Balaban J connectivity index is 1.81. The summed E-state index contributed by atoms with van der Waals surface area (Å²) in [7, 11) is 0. The maximum absolute atomic E-state index is 9.25. The fourth-order valence-corrected chi connectivity index (χ4v) is 4.12. The molecule has 0 unspecified atom stereocenters. The van der Waals surface area contributed by atoms with Crippen molar-refractivity contribution in [3.8, 4) is 6.07 Å². The van der Waals surface area contributed by atoms with Crippen molar-refractivity contribution < 1.29 is 0 Å². The van der Waals surface area contributed by atoms with Gasteiger partial charge in [0.15, 0.2) is 0 Å². The number of thiophene rings is 1. The summed E-state index contributed by atoms with van der Waals surface area (Å²) in [4.78, 5) is 3.73. The van der Waals surface area contributed by atoms with Gasteiger partial charge in [-0.3, -0.25) is 4.90 Å². The monoisotopic (exact) mass is 297 g/mol. The second kappa shape index (κ2) is 5.88. The van der Waals surface area contributed by atoms with Gasteiger partial charge in [-0.2, -0.15) is 5.26 Å². The van der Waals surface area contributed by atoms with Crippen molar-refractivity contribution in [3.05, 3.63) is 51.4 Å². The largest absolute Gasteiger partial charge is 0.389 e. The van der Waals surface area contributed by atoms with Crippen LogP contribution in [0.25, 0.3) is 0 Å². The molecule has 0 aliphatic carbocycles. The number of nitrogens with two attached hydrogens (primary N) is 1. The summed E-state index contributed by atoms with van der Waals surface area (Å²) in [6.07, 6.45) is 2.06. The predicted octanol–water partition coefficient (Wildman–Crippen LogP) is 3.46. The van der Waals surface area contributed by atoms with Gasteiger partial charge in [0, 0.05) is 18.0 Å². The van der Waals surface area contributed by atoms with Gasteiger partial charge < -0.3 is 5.73 Å². The number of benzene rings is 1. The molecule has 0 fully saturated rings. The molecule has 1 aliphatic rings. The highest BCUT2D eigenvalue weighted by Gasteiger charge is 2.21. The molecular weight excluding hydrogens is 278 g/mol. The average molecular weight is 297 g/mol. The predicted molar refractivity (Wildman–Crippen MR) is 87.1 cm³/mol. The van der Waals surface area contributed by atoms with Crippen LogP contribution < -0.4 is 5.73 Å². The van der Waals surface area contributed by atoms with Crippen molar-refractivity contribution >= 4 is 16.3 Å². The molecule has 1 aromatic carbocycles. The first-order valence-electron chi connectivity index (χ1n) is 7.25. The first kappa shape index (κ1) is 14.1. The minimum Gasteiger partial charge on any atom is -0.389 e. The number of aryl methyl sites for hydroxylation is 1. The van der Waals surface area contributed by atoms with Crippen LogP contribution in [0.3, 0.4) is 0 Å². The lowest BCUT2D eigenvalue weighted by atomic mass is 10.1. The molecule has 0 spiro atoms. The molecule has 1 aromatic heterocycles. The lowest BCUT2D eigenvalue weighted by Gasteiger charge is -2.20. The first-order valence-corrected chi connectivity index (χ1v) is 8.07. The second-order valence-corrected chi connectivity index (χ2v) is 6.79. The van der Waals surface area contributed by atoms with Crippen LogP contribution in [-0.4, -0.2) is 11.4 Å². The summed E-state index contributed by atoms with van der Waals surface area (Å²) in [6.45, 7) is 5.06. The SMILES string of the molecule is Cc1cccc(CN2CCCc3c(sc(N)c3C#N)C2)c1. The van der Waals surface area contributed by atoms with E-state index >= 15 is 0 Å². The van der Waals surface area contributed by atoms with Gasteiger partial charge in [0.2, 0.25) is 0 Å². The Hall–Kier alpha value is -1.83. The summed E-state index contributed by atoms with van der Waals surface area (Å²) in [6, 6.07) is 10.9. The normalized spacial score (nSPS) is 15.2. The third-order valence-electron chi connectivity index (χ3n) is 3.99. The molecule has 0 radical (unpaired) electrons. The molecule has 4 heteroatoms. The van der Waals surface area contributed by atoms with Crippen LogP contribution in [0.2, 0.25) is 0 Å². The average Bonchev–Trinajstić information content (AvgIpc) is 2.61. The number of nitriles is 1. The number of fused-ring (bicyclic) bond motifs is 1. The summed E-state index contributed by atoms with van der Waals surface area (Å²) < 4.78 is 0. The van der Waals surface area contributed by atoms with E-state index in [1.54, 1.807) is 11.3 Å². The molecule has 0 saturated carbocycles. The van der Waals surface area contributed by atoms with Crippen LogP contribution in [0.5, 0.6) is 0 Å². The smallest absolute Gasteiger partial charge is 0.104 e. The zero-order chi connectivity index (χ0) is 14.8. The van der Waals surface area contributed by atoms with Gasteiger partial charge in [0.05, 0.1) is 5.56 Å². The lowest BCUT2D eigenvalue weighted by Crippen LogP contribution is -2.22.